The number of aryl methyl sites for hydroxylation is 1. The maximum Gasteiger partial charge on any atom is 0.329 e. The van der Waals surface area contributed by atoms with Gasteiger partial charge in [0.15, 0.2) is 5.65 Å². The van der Waals surface area contributed by atoms with Crippen LogP contribution in [0.5, 0.6) is 0 Å². The minimum Gasteiger partial charge on any atom is -0.336 e. The molecule has 1 aromatic carbocycles. The molecule has 0 atom stereocenters. The van der Waals surface area contributed by atoms with E-state index in [4.69, 9.17) is 0 Å². The zero-order valence-electron chi connectivity index (χ0n) is 10.6. The monoisotopic (exact) mass is 334 g/mol. The molecule has 2 aromatic heterocycles. The quantitative estimate of drug-likeness (QED) is 0.741. The van der Waals surface area contributed by atoms with Crippen molar-refractivity contribution in [2.24, 2.45) is 7.05 Å². The van der Waals surface area contributed by atoms with Gasteiger partial charge >= 0.3 is 5.69 Å². The van der Waals surface area contributed by atoms with Gasteiger partial charge < -0.3 is 4.98 Å². The normalized spacial score (nSPS) is 11.1. The van der Waals surface area contributed by atoms with Gasteiger partial charge in [-0.25, -0.2) is 9.78 Å². The zero-order chi connectivity index (χ0) is 14.3. The number of H-pyrrole nitrogens is 2. The molecule has 0 bridgehead atoms. The summed E-state index contributed by atoms with van der Waals surface area (Å²) in [5, 5.41) is 0. The van der Waals surface area contributed by atoms with Crippen LogP contribution in [0.15, 0.2) is 38.3 Å². The van der Waals surface area contributed by atoms with Crippen molar-refractivity contribution in [1.82, 2.24) is 19.5 Å². The topological polar surface area (TPSA) is 83.5 Å². The highest BCUT2D eigenvalue weighted by Gasteiger charge is 2.11. The first-order valence-electron chi connectivity index (χ1n) is 5.97. The van der Waals surface area contributed by atoms with Crippen LogP contribution in [0.1, 0.15) is 11.4 Å². The molecular formula is C13H11BrN4O2. The van der Waals surface area contributed by atoms with E-state index in [-0.39, 0.29) is 0 Å². The van der Waals surface area contributed by atoms with Crippen LogP contribution in [0.3, 0.4) is 0 Å². The van der Waals surface area contributed by atoms with Gasteiger partial charge in [-0.3, -0.25) is 14.3 Å². The third kappa shape index (κ3) is 2.20. The number of fused-ring (bicyclic) bond motifs is 1. The summed E-state index contributed by atoms with van der Waals surface area (Å²) in [4.78, 5) is 32.8. The van der Waals surface area contributed by atoms with Gasteiger partial charge in [0, 0.05) is 17.9 Å². The van der Waals surface area contributed by atoms with Gasteiger partial charge in [-0.05, 0) is 17.7 Å². The Morgan fingerprint density at radius 2 is 2.10 bits per heavy atom. The van der Waals surface area contributed by atoms with Crippen LogP contribution in [0.4, 0.5) is 0 Å². The largest absolute Gasteiger partial charge is 0.336 e. The van der Waals surface area contributed by atoms with Gasteiger partial charge in [0.05, 0.1) is 0 Å². The van der Waals surface area contributed by atoms with Crippen molar-refractivity contribution in [1.29, 1.82) is 0 Å². The van der Waals surface area contributed by atoms with Crippen molar-refractivity contribution in [2.75, 3.05) is 0 Å². The standard InChI is InChI=1S/C13H11BrN4O2/c1-18-11-10(12(19)17-13(18)20)15-9(16-11)6-7-3-2-4-8(14)5-7/h2-5H,6H2,1H3,(H,15,16)(H,17,19,20). The molecule has 102 valence electrons. The van der Waals surface area contributed by atoms with Crippen LogP contribution < -0.4 is 11.2 Å². The molecule has 20 heavy (non-hydrogen) atoms. The summed E-state index contributed by atoms with van der Waals surface area (Å²) in [6.07, 6.45) is 0.557. The lowest BCUT2D eigenvalue weighted by Gasteiger charge is -1.98. The molecule has 0 amide bonds. The molecule has 3 aromatic rings. The number of hydrogen-bond donors (Lipinski definition) is 2. The van der Waals surface area contributed by atoms with E-state index in [1.165, 1.54) is 4.57 Å². The number of benzene rings is 1. The average molecular weight is 335 g/mol. The molecule has 0 unspecified atom stereocenters. The molecule has 0 saturated carbocycles. The Kier molecular flexibility index (Phi) is 3.06. The van der Waals surface area contributed by atoms with Crippen LogP contribution in [0.25, 0.3) is 11.2 Å². The Hall–Kier alpha value is -2.15. The Bertz CT molecular complexity index is 907. The molecule has 0 saturated heterocycles. The highest BCUT2D eigenvalue weighted by atomic mass is 79.9. The van der Waals surface area contributed by atoms with E-state index < -0.39 is 11.2 Å². The Morgan fingerprint density at radius 3 is 2.85 bits per heavy atom. The fourth-order valence-corrected chi connectivity index (χ4v) is 2.52. The van der Waals surface area contributed by atoms with Crippen molar-refractivity contribution >= 4 is 27.1 Å². The second-order valence-electron chi connectivity index (χ2n) is 4.51. The maximum atomic E-state index is 11.7. The van der Waals surface area contributed by atoms with Crippen molar-refractivity contribution in [3.05, 3.63) is 61.0 Å². The molecule has 0 aliphatic heterocycles. The number of halogens is 1. The highest BCUT2D eigenvalue weighted by molar-refractivity contribution is 9.10. The number of rotatable bonds is 2. The summed E-state index contributed by atoms with van der Waals surface area (Å²) in [7, 11) is 1.57. The molecule has 0 spiro atoms. The molecule has 2 heterocycles. The van der Waals surface area contributed by atoms with Crippen molar-refractivity contribution in [3.63, 3.8) is 0 Å². The van der Waals surface area contributed by atoms with Crippen molar-refractivity contribution in [3.8, 4) is 0 Å². The lowest BCUT2D eigenvalue weighted by atomic mass is 10.1. The molecule has 2 N–H and O–H groups in total. The molecule has 3 rings (SSSR count). The summed E-state index contributed by atoms with van der Waals surface area (Å²) in [5.41, 5.74) is 0.819. The van der Waals surface area contributed by atoms with Gasteiger partial charge in [0.1, 0.15) is 11.3 Å². The van der Waals surface area contributed by atoms with Gasteiger partial charge in [-0.2, -0.15) is 0 Å². The second-order valence-corrected chi connectivity index (χ2v) is 5.42. The van der Waals surface area contributed by atoms with Crippen molar-refractivity contribution < 1.29 is 0 Å². The van der Waals surface area contributed by atoms with E-state index in [2.05, 4.69) is 30.9 Å². The number of imidazole rings is 1. The van der Waals surface area contributed by atoms with Crippen LogP contribution in [0.2, 0.25) is 0 Å². The van der Waals surface area contributed by atoms with Crippen LogP contribution in [-0.2, 0) is 13.5 Å². The lowest BCUT2D eigenvalue weighted by Crippen LogP contribution is -2.28. The highest BCUT2D eigenvalue weighted by Crippen LogP contribution is 2.15. The number of aromatic nitrogens is 4. The molecule has 6 nitrogen and oxygen atoms in total. The van der Waals surface area contributed by atoms with Crippen LogP contribution >= 0.6 is 15.9 Å². The number of hydrogen-bond acceptors (Lipinski definition) is 3. The number of nitrogens with one attached hydrogen (secondary N) is 2. The average Bonchev–Trinajstić information content (AvgIpc) is 2.81. The second kappa shape index (κ2) is 4.75. The van der Waals surface area contributed by atoms with Gasteiger partial charge in [0.2, 0.25) is 0 Å². The molecule has 0 fully saturated rings. The predicted octanol–water partition coefficient (Wildman–Crippen LogP) is 1.30. The first-order chi connectivity index (χ1) is 9.54. The van der Waals surface area contributed by atoms with E-state index >= 15 is 0 Å². The number of nitrogens with zero attached hydrogens (tertiary/aromatic N) is 2. The summed E-state index contributed by atoms with van der Waals surface area (Å²) < 4.78 is 2.30. The van der Waals surface area contributed by atoms with E-state index in [1.54, 1.807) is 7.05 Å². The van der Waals surface area contributed by atoms with Crippen LogP contribution in [-0.4, -0.2) is 19.5 Å². The molecule has 7 heteroatoms. The molecule has 0 aliphatic carbocycles. The SMILES string of the molecule is Cn1c(=O)[nH]c(=O)c2[nH]c(Cc3cccc(Br)c3)nc21. The third-order valence-corrected chi connectivity index (χ3v) is 3.56. The minimum atomic E-state index is -0.469. The van der Waals surface area contributed by atoms with Gasteiger partial charge in [0.25, 0.3) is 5.56 Å². The Balaban J connectivity index is 2.10. The summed E-state index contributed by atoms with van der Waals surface area (Å²) in [6.45, 7) is 0. The van der Waals surface area contributed by atoms with Crippen molar-refractivity contribution in [2.45, 2.75) is 6.42 Å². The summed E-state index contributed by atoms with van der Waals surface area (Å²) in [6, 6.07) is 7.83. The van der Waals surface area contributed by atoms with Crippen LogP contribution in [0, 0.1) is 0 Å². The smallest absolute Gasteiger partial charge is 0.329 e. The van der Waals surface area contributed by atoms with E-state index in [0.717, 1.165) is 10.0 Å². The minimum absolute atomic E-state index is 0.317. The first kappa shape index (κ1) is 12.9. The summed E-state index contributed by atoms with van der Waals surface area (Å²) >= 11 is 3.41. The fourth-order valence-electron chi connectivity index (χ4n) is 2.08. The lowest BCUT2D eigenvalue weighted by molar-refractivity contribution is 0.830. The third-order valence-electron chi connectivity index (χ3n) is 3.06. The first-order valence-corrected chi connectivity index (χ1v) is 6.76. The Morgan fingerprint density at radius 1 is 1.30 bits per heavy atom. The fraction of sp³-hybridized carbons (Fsp3) is 0.154. The predicted molar refractivity (Wildman–Crippen MR) is 78.9 cm³/mol. The zero-order valence-corrected chi connectivity index (χ0v) is 12.2. The Labute approximate surface area is 121 Å². The van der Waals surface area contributed by atoms with E-state index in [1.807, 2.05) is 24.3 Å². The maximum absolute atomic E-state index is 11.7. The van der Waals surface area contributed by atoms with Gasteiger partial charge in [-0.15, -0.1) is 0 Å². The molecular weight excluding hydrogens is 324 g/mol. The summed E-state index contributed by atoms with van der Waals surface area (Å²) in [5.74, 6) is 0.643. The molecule has 0 aliphatic rings. The van der Waals surface area contributed by atoms with E-state index in [9.17, 15) is 9.59 Å². The van der Waals surface area contributed by atoms with Gasteiger partial charge in [-0.1, -0.05) is 28.1 Å². The van der Waals surface area contributed by atoms with E-state index in [0.29, 0.717) is 23.4 Å². The molecule has 0 radical (unpaired) electrons. The number of aromatic amines is 2.